The lowest BCUT2D eigenvalue weighted by atomic mass is 10.2. The number of hydrogen-bond acceptors (Lipinski definition) is 4. The Labute approximate surface area is 171 Å². The monoisotopic (exact) mass is 451 g/mol. The summed E-state index contributed by atoms with van der Waals surface area (Å²) < 4.78 is 6.27. The number of carbonyl (C=O) groups excluding carboxylic acids is 2. The molecule has 2 N–H and O–H groups in total. The number of benzene rings is 2. The first-order valence-corrected chi connectivity index (χ1v) is 9.27. The molecular weight excluding hydrogens is 434 g/mol. The summed E-state index contributed by atoms with van der Waals surface area (Å²) in [5.74, 6) is -0.0874. The van der Waals surface area contributed by atoms with E-state index in [1.807, 2.05) is 19.1 Å². The van der Waals surface area contributed by atoms with E-state index in [0.717, 1.165) is 10.0 Å². The molecule has 2 aromatic rings. The fraction of sp³-hybridized carbons (Fsp3) is 0.211. The molecule has 0 aliphatic rings. The summed E-state index contributed by atoms with van der Waals surface area (Å²) in [5, 5.41) is 7.27. The smallest absolute Gasteiger partial charge is 0.277 e. The molecule has 0 spiro atoms. The molecule has 0 unspecified atom stereocenters. The van der Waals surface area contributed by atoms with Crippen LogP contribution >= 0.6 is 27.5 Å². The van der Waals surface area contributed by atoms with Gasteiger partial charge in [-0.2, -0.15) is 5.10 Å². The predicted octanol–water partition coefficient (Wildman–Crippen LogP) is 4.31. The average Bonchev–Trinajstić information content (AvgIpc) is 2.63. The number of carbonyl (C=O) groups is 2. The Morgan fingerprint density at radius 3 is 2.56 bits per heavy atom. The molecule has 0 atom stereocenters. The summed E-state index contributed by atoms with van der Waals surface area (Å²) in [4.78, 5) is 23.9. The van der Waals surface area contributed by atoms with Gasteiger partial charge >= 0.3 is 0 Å². The third kappa shape index (κ3) is 7.03. The van der Waals surface area contributed by atoms with E-state index in [4.69, 9.17) is 16.3 Å². The minimum atomic E-state index is -0.414. The van der Waals surface area contributed by atoms with Crippen LogP contribution in [0.1, 0.15) is 18.9 Å². The van der Waals surface area contributed by atoms with Crippen molar-refractivity contribution < 1.29 is 14.3 Å². The van der Waals surface area contributed by atoms with Crippen LogP contribution in [0.2, 0.25) is 5.02 Å². The van der Waals surface area contributed by atoms with E-state index in [0.29, 0.717) is 22.2 Å². The van der Waals surface area contributed by atoms with Crippen LogP contribution in [0.5, 0.6) is 5.75 Å². The van der Waals surface area contributed by atoms with Gasteiger partial charge in [-0.1, -0.05) is 33.6 Å². The molecule has 2 amide bonds. The van der Waals surface area contributed by atoms with Crippen LogP contribution in [0.15, 0.2) is 52.0 Å². The highest BCUT2D eigenvalue weighted by Crippen LogP contribution is 2.23. The van der Waals surface area contributed by atoms with E-state index in [-0.39, 0.29) is 18.9 Å². The van der Waals surface area contributed by atoms with Crippen molar-refractivity contribution in [2.24, 2.45) is 5.10 Å². The molecule has 0 bridgehead atoms. The number of anilines is 1. The Kier molecular flexibility index (Phi) is 7.82. The topological polar surface area (TPSA) is 79.8 Å². The largest absolute Gasteiger partial charge is 0.484 e. The van der Waals surface area contributed by atoms with Gasteiger partial charge in [0.1, 0.15) is 5.75 Å². The maximum atomic E-state index is 12.1. The first-order chi connectivity index (χ1) is 12.8. The molecule has 0 saturated heterocycles. The molecule has 0 fully saturated rings. The fourth-order valence-corrected chi connectivity index (χ4v) is 2.52. The van der Waals surface area contributed by atoms with Crippen LogP contribution in [0.4, 0.5) is 5.69 Å². The van der Waals surface area contributed by atoms with Crippen LogP contribution in [0, 0.1) is 6.92 Å². The minimum absolute atomic E-state index is 0.0415. The number of rotatable bonds is 7. The third-order valence-electron chi connectivity index (χ3n) is 3.51. The van der Waals surface area contributed by atoms with Crippen LogP contribution in [-0.4, -0.2) is 24.1 Å². The lowest BCUT2D eigenvalue weighted by molar-refractivity contribution is -0.123. The SMILES string of the molecule is C/C(CC(=O)Nc1cccc(Cl)c1C)=N/NC(=O)COc1ccc(Br)cc1. The van der Waals surface area contributed by atoms with Gasteiger partial charge in [-0.3, -0.25) is 9.59 Å². The van der Waals surface area contributed by atoms with Gasteiger partial charge in [-0.15, -0.1) is 0 Å². The van der Waals surface area contributed by atoms with Crippen molar-refractivity contribution in [2.75, 3.05) is 11.9 Å². The Hall–Kier alpha value is -2.38. The summed E-state index contributed by atoms with van der Waals surface area (Å²) in [6.07, 6.45) is 0.0415. The third-order valence-corrected chi connectivity index (χ3v) is 4.45. The van der Waals surface area contributed by atoms with Gasteiger partial charge in [-0.05, 0) is 55.8 Å². The number of nitrogens with one attached hydrogen (secondary N) is 2. The van der Waals surface area contributed by atoms with Crippen molar-refractivity contribution in [3.05, 3.63) is 57.5 Å². The molecular formula is C19H19BrClN3O3. The molecule has 142 valence electrons. The summed E-state index contributed by atoms with van der Waals surface area (Å²) in [7, 11) is 0. The Morgan fingerprint density at radius 2 is 1.85 bits per heavy atom. The van der Waals surface area contributed by atoms with E-state index in [1.54, 1.807) is 37.3 Å². The molecule has 6 nitrogen and oxygen atoms in total. The number of ether oxygens (including phenoxy) is 1. The Bertz CT molecular complexity index is 854. The summed E-state index contributed by atoms with van der Waals surface area (Å²) >= 11 is 9.35. The van der Waals surface area contributed by atoms with Gasteiger partial charge in [-0.25, -0.2) is 5.43 Å². The molecule has 0 radical (unpaired) electrons. The van der Waals surface area contributed by atoms with Crippen molar-refractivity contribution >= 4 is 50.7 Å². The molecule has 2 rings (SSSR count). The van der Waals surface area contributed by atoms with Gasteiger partial charge in [0.05, 0.1) is 6.42 Å². The Morgan fingerprint density at radius 1 is 1.15 bits per heavy atom. The second kappa shape index (κ2) is 10.1. The average molecular weight is 453 g/mol. The number of halogens is 2. The number of hydrogen-bond donors (Lipinski definition) is 2. The standard InChI is InChI=1S/C19H19BrClN3O3/c1-12(10-18(25)22-17-5-3-4-16(21)13(17)2)23-24-19(26)11-27-15-8-6-14(20)7-9-15/h3-9H,10-11H2,1-2H3,(H,22,25)(H,24,26)/b23-12-. The zero-order valence-corrected chi connectivity index (χ0v) is 17.2. The molecule has 27 heavy (non-hydrogen) atoms. The van der Waals surface area contributed by atoms with Crippen LogP contribution in [0.3, 0.4) is 0 Å². The minimum Gasteiger partial charge on any atom is -0.484 e. The van der Waals surface area contributed by atoms with Gasteiger partial charge in [0.2, 0.25) is 5.91 Å². The highest BCUT2D eigenvalue weighted by Gasteiger charge is 2.09. The second-order valence-electron chi connectivity index (χ2n) is 5.76. The molecule has 8 heteroatoms. The van der Waals surface area contributed by atoms with E-state index < -0.39 is 5.91 Å². The zero-order valence-electron chi connectivity index (χ0n) is 14.9. The first kappa shape index (κ1) is 20.9. The van der Waals surface area contributed by atoms with Crippen molar-refractivity contribution in [3.63, 3.8) is 0 Å². The molecule has 0 heterocycles. The maximum absolute atomic E-state index is 12.1. The normalized spacial score (nSPS) is 11.0. The van der Waals surface area contributed by atoms with Gasteiger partial charge < -0.3 is 10.1 Å². The lowest BCUT2D eigenvalue weighted by Crippen LogP contribution is -2.26. The quantitative estimate of drug-likeness (QED) is 0.485. The van der Waals surface area contributed by atoms with Crippen molar-refractivity contribution in [1.82, 2.24) is 5.43 Å². The highest BCUT2D eigenvalue weighted by molar-refractivity contribution is 9.10. The van der Waals surface area contributed by atoms with Gasteiger partial charge in [0.25, 0.3) is 5.91 Å². The Balaban J connectivity index is 1.78. The fourth-order valence-electron chi connectivity index (χ4n) is 2.08. The van der Waals surface area contributed by atoms with E-state index in [1.165, 1.54) is 0 Å². The van der Waals surface area contributed by atoms with Crippen LogP contribution < -0.4 is 15.5 Å². The molecule has 0 aromatic heterocycles. The number of nitrogens with zero attached hydrogens (tertiary/aromatic N) is 1. The molecule has 0 saturated carbocycles. The van der Waals surface area contributed by atoms with Crippen LogP contribution in [0.25, 0.3) is 0 Å². The zero-order chi connectivity index (χ0) is 19.8. The molecule has 0 aliphatic carbocycles. The van der Waals surface area contributed by atoms with Crippen LogP contribution in [-0.2, 0) is 9.59 Å². The lowest BCUT2D eigenvalue weighted by Gasteiger charge is -2.09. The molecule has 0 aliphatic heterocycles. The summed E-state index contributed by atoms with van der Waals surface area (Å²) in [6.45, 7) is 3.30. The summed E-state index contributed by atoms with van der Waals surface area (Å²) in [5.41, 5.74) is 4.27. The predicted molar refractivity (Wildman–Crippen MR) is 110 cm³/mol. The number of amides is 2. The summed E-state index contributed by atoms with van der Waals surface area (Å²) in [6, 6.07) is 12.4. The van der Waals surface area contributed by atoms with E-state index >= 15 is 0 Å². The van der Waals surface area contributed by atoms with Gasteiger partial charge in [0.15, 0.2) is 6.61 Å². The second-order valence-corrected chi connectivity index (χ2v) is 7.08. The van der Waals surface area contributed by atoms with E-state index in [9.17, 15) is 9.59 Å². The van der Waals surface area contributed by atoms with Gasteiger partial charge in [0, 0.05) is 20.9 Å². The first-order valence-electron chi connectivity index (χ1n) is 8.10. The molecule has 2 aromatic carbocycles. The van der Waals surface area contributed by atoms with Crippen molar-refractivity contribution in [3.8, 4) is 5.75 Å². The van der Waals surface area contributed by atoms with E-state index in [2.05, 4.69) is 31.8 Å². The van der Waals surface area contributed by atoms with Crippen molar-refractivity contribution in [1.29, 1.82) is 0 Å². The highest BCUT2D eigenvalue weighted by atomic mass is 79.9. The maximum Gasteiger partial charge on any atom is 0.277 e. The van der Waals surface area contributed by atoms with Crippen molar-refractivity contribution in [2.45, 2.75) is 20.3 Å². The number of hydrazone groups is 1.